The van der Waals surface area contributed by atoms with Gasteiger partial charge in [0.15, 0.2) is 10.6 Å². The van der Waals surface area contributed by atoms with Gasteiger partial charge in [-0.05, 0) is 55.4 Å². The van der Waals surface area contributed by atoms with Gasteiger partial charge in [0, 0.05) is 43.7 Å². The highest BCUT2D eigenvalue weighted by atomic mass is 32.1. The summed E-state index contributed by atoms with van der Waals surface area (Å²) in [6.45, 7) is 4.54. The molecule has 2 N–H and O–H groups in total. The molecule has 1 aliphatic heterocycles. The van der Waals surface area contributed by atoms with E-state index < -0.39 is 0 Å². The first kappa shape index (κ1) is 22.2. The molecular formula is C24H29N5O2S. The number of H-pyrrole nitrogens is 1. The first-order valence-electron chi connectivity index (χ1n) is 10.9. The molecule has 1 aromatic heterocycles. The van der Waals surface area contributed by atoms with Gasteiger partial charge in [0.2, 0.25) is 5.91 Å². The SMILES string of the molecule is COc1ccc(-c2n[nH]c(=S)n2CCC(=O)NC2CCN(C(C)c3ccccc3)C2)cc1. The van der Waals surface area contributed by atoms with Crippen molar-refractivity contribution in [2.75, 3.05) is 20.2 Å². The van der Waals surface area contributed by atoms with E-state index in [9.17, 15) is 4.79 Å². The highest BCUT2D eigenvalue weighted by Crippen LogP contribution is 2.25. The Labute approximate surface area is 193 Å². The summed E-state index contributed by atoms with van der Waals surface area (Å²) in [6, 6.07) is 18.6. The second-order valence-corrected chi connectivity index (χ2v) is 8.50. The van der Waals surface area contributed by atoms with Crippen LogP contribution in [0.5, 0.6) is 5.75 Å². The molecule has 1 fully saturated rings. The summed E-state index contributed by atoms with van der Waals surface area (Å²) in [6.07, 6.45) is 1.31. The van der Waals surface area contributed by atoms with Gasteiger partial charge in [0.05, 0.1) is 7.11 Å². The van der Waals surface area contributed by atoms with E-state index in [1.165, 1.54) is 5.56 Å². The fourth-order valence-corrected chi connectivity index (χ4v) is 4.42. The van der Waals surface area contributed by atoms with Gasteiger partial charge in [0.25, 0.3) is 0 Å². The van der Waals surface area contributed by atoms with E-state index in [2.05, 4.69) is 51.6 Å². The van der Waals surface area contributed by atoms with Crippen molar-refractivity contribution in [3.63, 3.8) is 0 Å². The van der Waals surface area contributed by atoms with Crippen LogP contribution in [-0.4, -0.2) is 51.8 Å². The third-order valence-electron chi connectivity index (χ3n) is 6.08. The van der Waals surface area contributed by atoms with Crippen molar-refractivity contribution in [3.8, 4) is 17.1 Å². The zero-order valence-electron chi connectivity index (χ0n) is 18.5. The Balaban J connectivity index is 1.32. The zero-order valence-corrected chi connectivity index (χ0v) is 19.3. The summed E-state index contributed by atoms with van der Waals surface area (Å²) in [7, 11) is 1.63. The van der Waals surface area contributed by atoms with E-state index in [-0.39, 0.29) is 11.9 Å². The molecule has 4 rings (SSSR count). The van der Waals surface area contributed by atoms with Gasteiger partial charge in [0.1, 0.15) is 5.75 Å². The lowest BCUT2D eigenvalue weighted by molar-refractivity contribution is -0.121. The number of aromatic nitrogens is 3. The standard InChI is InChI=1S/C24H29N5O2S/c1-17(18-6-4-3-5-7-18)28-14-12-20(16-28)25-22(30)13-15-29-23(26-27-24(29)32)19-8-10-21(31-2)11-9-19/h3-11,17,20H,12-16H2,1-2H3,(H,25,30)(H,27,32). The second-order valence-electron chi connectivity index (χ2n) is 8.12. The first-order valence-corrected chi connectivity index (χ1v) is 11.3. The molecule has 3 aromatic rings. The van der Waals surface area contributed by atoms with Crippen LogP contribution in [0.4, 0.5) is 0 Å². The number of rotatable bonds is 8. The minimum atomic E-state index is 0.0352. The summed E-state index contributed by atoms with van der Waals surface area (Å²) >= 11 is 5.39. The Morgan fingerprint density at radius 1 is 1.25 bits per heavy atom. The van der Waals surface area contributed by atoms with Crippen LogP contribution in [0.3, 0.4) is 0 Å². The van der Waals surface area contributed by atoms with Crippen molar-refractivity contribution >= 4 is 18.1 Å². The summed E-state index contributed by atoms with van der Waals surface area (Å²) in [5.41, 5.74) is 2.22. The van der Waals surface area contributed by atoms with E-state index in [1.54, 1.807) is 7.11 Å². The number of amides is 1. The maximum absolute atomic E-state index is 12.7. The summed E-state index contributed by atoms with van der Waals surface area (Å²) in [4.78, 5) is 15.1. The maximum atomic E-state index is 12.7. The number of methoxy groups -OCH3 is 1. The average molecular weight is 452 g/mol. The predicted octanol–water partition coefficient (Wildman–Crippen LogP) is 3.96. The number of hydrogen-bond acceptors (Lipinski definition) is 5. The third kappa shape index (κ3) is 5.08. The van der Waals surface area contributed by atoms with Gasteiger partial charge in [-0.3, -0.25) is 19.4 Å². The van der Waals surface area contributed by atoms with Crippen LogP contribution < -0.4 is 10.1 Å². The molecule has 0 bridgehead atoms. The smallest absolute Gasteiger partial charge is 0.222 e. The van der Waals surface area contributed by atoms with Crippen LogP contribution >= 0.6 is 12.2 Å². The minimum Gasteiger partial charge on any atom is -0.497 e. The maximum Gasteiger partial charge on any atom is 0.222 e. The van der Waals surface area contributed by atoms with Crippen molar-refractivity contribution in [2.45, 2.75) is 38.4 Å². The van der Waals surface area contributed by atoms with Gasteiger partial charge in [-0.25, -0.2) is 0 Å². The largest absolute Gasteiger partial charge is 0.497 e. The topological polar surface area (TPSA) is 75.2 Å². The summed E-state index contributed by atoms with van der Waals surface area (Å²) in [5, 5.41) is 10.4. The highest BCUT2D eigenvalue weighted by molar-refractivity contribution is 7.71. The fraction of sp³-hybridized carbons (Fsp3) is 0.375. The van der Waals surface area contributed by atoms with Crippen LogP contribution in [0.15, 0.2) is 54.6 Å². The molecule has 0 saturated carbocycles. The van der Waals surface area contributed by atoms with Crippen molar-refractivity contribution in [1.29, 1.82) is 0 Å². The van der Waals surface area contributed by atoms with Crippen molar-refractivity contribution in [2.24, 2.45) is 0 Å². The number of likely N-dealkylation sites (tertiary alicyclic amines) is 1. The quantitative estimate of drug-likeness (QED) is 0.507. The molecule has 2 aromatic carbocycles. The Morgan fingerprint density at radius 3 is 2.72 bits per heavy atom. The van der Waals surface area contributed by atoms with Gasteiger partial charge in [-0.1, -0.05) is 30.3 Å². The van der Waals surface area contributed by atoms with E-state index in [4.69, 9.17) is 17.0 Å². The van der Waals surface area contributed by atoms with Crippen LogP contribution in [0, 0.1) is 4.77 Å². The monoisotopic (exact) mass is 451 g/mol. The molecule has 2 heterocycles. The first-order chi connectivity index (χ1) is 15.5. The molecule has 8 heteroatoms. The molecular weight excluding hydrogens is 422 g/mol. The summed E-state index contributed by atoms with van der Waals surface area (Å²) in [5.74, 6) is 1.53. The van der Waals surface area contributed by atoms with E-state index in [1.807, 2.05) is 34.9 Å². The summed E-state index contributed by atoms with van der Waals surface area (Å²) < 4.78 is 7.60. The van der Waals surface area contributed by atoms with Crippen LogP contribution in [0.1, 0.15) is 31.4 Å². The molecule has 1 saturated heterocycles. The Hall–Kier alpha value is -2.97. The predicted molar refractivity (Wildman–Crippen MR) is 127 cm³/mol. The van der Waals surface area contributed by atoms with Gasteiger partial charge < -0.3 is 10.1 Å². The fourth-order valence-electron chi connectivity index (χ4n) is 4.20. The van der Waals surface area contributed by atoms with Crippen molar-refractivity contribution in [3.05, 3.63) is 64.9 Å². The lowest BCUT2D eigenvalue weighted by Gasteiger charge is -2.24. The Morgan fingerprint density at radius 2 is 2.00 bits per heavy atom. The second kappa shape index (κ2) is 10.1. The molecule has 0 aliphatic carbocycles. The minimum absolute atomic E-state index is 0.0352. The molecule has 0 spiro atoms. The van der Waals surface area contributed by atoms with E-state index in [0.29, 0.717) is 29.6 Å². The van der Waals surface area contributed by atoms with E-state index >= 15 is 0 Å². The number of carbonyl (C=O) groups excluding carboxylic acids is 1. The Bertz CT molecular complexity index is 1090. The highest BCUT2D eigenvalue weighted by Gasteiger charge is 2.27. The molecule has 1 aliphatic rings. The van der Waals surface area contributed by atoms with Crippen molar-refractivity contribution in [1.82, 2.24) is 25.0 Å². The number of ether oxygens (including phenoxy) is 1. The van der Waals surface area contributed by atoms with Crippen LogP contribution in [0.2, 0.25) is 0 Å². The van der Waals surface area contributed by atoms with Gasteiger partial charge in [-0.2, -0.15) is 5.10 Å². The molecule has 2 atom stereocenters. The number of nitrogens with one attached hydrogen (secondary N) is 2. The molecule has 0 radical (unpaired) electrons. The lowest BCUT2D eigenvalue weighted by Crippen LogP contribution is -2.37. The number of nitrogens with zero attached hydrogens (tertiary/aromatic N) is 3. The number of hydrogen-bond donors (Lipinski definition) is 2. The number of benzene rings is 2. The third-order valence-corrected chi connectivity index (χ3v) is 6.40. The molecule has 168 valence electrons. The Kier molecular flexibility index (Phi) is 7.02. The number of carbonyl (C=O) groups is 1. The molecule has 1 amide bonds. The van der Waals surface area contributed by atoms with Gasteiger partial charge in [-0.15, -0.1) is 0 Å². The van der Waals surface area contributed by atoms with Crippen LogP contribution in [-0.2, 0) is 11.3 Å². The van der Waals surface area contributed by atoms with E-state index in [0.717, 1.165) is 30.8 Å². The van der Waals surface area contributed by atoms with Crippen LogP contribution in [0.25, 0.3) is 11.4 Å². The average Bonchev–Trinajstić information content (AvgIpc) is 3.44. The normalized spacial score (nSPS) is 17.2. The zero-order chi connectivity index (χ0) is 22.5. The molecule has 32 heavy (non-hydrogen) atoms. The van der Waals surface area contributed by atoms with Crippen molar-refractivity contribution < 1.29 is 9.53 Å². The lowest BCUT2D eigenvalue weighted by atomic mass is 10.1. The number of aromatic amines is 1. The van der Waals surface area contributed by atoms with Gasteiger partial charge >= 0.3 is 0 Å². The molecule has 2 unspecified atom stereocenters. The molecule has 7 nitrogen and oxygen atoms in total.